The molecule has 0 spiro atoms. The van der Waals surface area contributed by atoms with Gasteiger partial charge in [-0.3, -0.25) is 28.8 Å². The van der Waals surface area contributed by atoms with Crippen LogP contribution in [0.2, 0.25) is 0 Å². The molecule has 2 aliphatic heterocycles. The Morgan fingerprint density at radius 3 is 1.34 bits per heavy atom. The number of hydrogen-bond acceptors (Lipinski definition) is 22. The van der Waals surface area contributed by atoms with Crippen LogP contribution in [0.15, 0.2) is 12.1 Å². The zero-order valence-corrected chi connectivity index (χ0v) is 40.5. The molecule has 1 aromatic heterocycles. The van der Waals surface area contributed by atoms with Crippen LogP contribution in [-0.2, 0) is 52.5 Å². The van der Waals surface area contributed by atoms with Gasteiger partial charge >= 0.3 is 5.97 Å². The number of aliphatic hydroxyl groups excluding tert-OH is 8. The predicted molar refractivity (Wildman–Crippen MR) is 246 cm³/mol. The molecule has 2 aliphatic rings. The number of carbonyl (C=O) groups excluding carboxylic acids is 7. The third-order valence-corrected chi connectivity index (χ3v) is 11.4. The lowest BCUT2D eigenvalue weighted by molar-refractivity contribution is -0.300. The van der Waals surface area contributed by atoms with Gasteiger partial charge in [0.1, 0.15) is 61.9 Å². The first-order chi connectivity index (χ1) is 34.9. The van der Waals surface area contributed by atoms with Crippen LogP contribution in [0.1, 0.15) is 77.0 Å². The van der Waals surface area contributed by atoms with E-state index < -0.39 is 136 Å². The third-order valence-electron chi connectivity index (χ3n) is 11.4. The Kier molecular flexibility index (Phi) is 28.4. The Morgan fingerprint density at radius 2 is 0.904 bits per heavy atom. The van der Waals surface area contributed by atoms with E-state index in [1.54, 1.807) is 0 Å². The molecule has 2 fully saturated rings. The second-order valence-electron chi connectivity index (χ2n) is 17.2. The molecule has 73 heavy (non-hydrogen) atoms. The van der Waals surface area contributed by atoms with Crippen molar-refractivity contribution in [1.29, 1.82) is 0 Å². The number of aromatic hydroxyl groups is 2. The van der Waals surface area contributed by atoms with Crippen molar-refractivity contribution < 1.29 is 108 Å². The van der Waals surface area contributed by atoms with Crippen LogP contribution in [0.25, 0.3) is 0 Å². The second kappa shape index (κ2) is 33.5. The van der Waals surface area contributed by atoms with Gasteiger partial charge in [0.25, 0.3) is 0 Å². The van der Waals surface area contributed by atoms with E-state index in [9.17, 15) is 84.6 Å². The lowest BCUT2D eigenvalue weighted by atomic mass is 9.99. The van der Waals surface area contributed by atoms with Crippen LogP contribution in [0.3, 0.4) is 0 Å². The van der Waals surface area contributed by atoms with Gasteiger partial charge < -0.3 is 106 Å². The summed E-state index contributed by atoms with van der Waals surface area (Å²) in [6, 6.07) is 2.24. The first-order valence-electron chi connectivity index (χ1n) is 24.1. The van der Waals surface area contributed by atoms with Crippen LogP contribution in [0, 0.1) is 0 Å². The number of amides is 6. The number of nitrogens with zero attached hydrogens (tertiary/aromatic N) is 2. The Labute approximate surface area is 420 Å². The lowest BCUT2D eigenvalue weighted by Gasteiger charge is -2.39. The Hall–Kier alpha value is -5.31. The van der Waals surface area contributed by atoms with E-state index in [0.29, 0.717) is 43.3 Å². The molecule has 15 N–H and O–H groups in total. The van der Waals surface area contributed by atoms with Crippen molar-refractivity contribution in [3.8, 4) is 11.8 Å². The fourth-order valence-electron chi connectivity index (χ4n) is 7.21. The minimum atomic E-state index is -1.60. The molecule has 0 bridgehead atoms. The maximum atomic E-state index is 13.2. The van der Waals surface area contributed by atoms with Crippen LogP contribution in [0.4, 0.5) is 0 Å². The summed E-state index contributed by atoms with van der Waals surface area (Å²) in [4.78, 5) is 94.1. The summed E-state index contributed by atoms with van der Waals surface area (Å²) >= 11 is 0. The monoisotopic (exact) mass is 1050 g/mol. The standard InChI is InChI=1S/C44H73N7O22/c52-24-26-37(63)39(65)41(67)43(71-26)69-19-17-47-28(54)9-3-1-7-15-45-31(57)22-50(35(61)21-49-30(56)11-5-6-12-36(62)73-51-33(59)13-14-34(51)60)23-32(58)46-16-8-2-4-10-29(55)48-18-20-70-44-42(68)40(66)38(64)27(25-53)72-44/h13-14,26-27,37-44,52-53,59-60,63-68H,1-12,15-25H2,(H,45,57)(H,46,58)(H,47,54)(H,48,55)(H,49,56). The van der Waals surface area contributed by atoms with Crippen molar-refractivity contribution >= 4 is 41.4 Å². The normalized spacial score (nSPS) is 23.7. The highest BCUT2D eigenvalue weighted by Crippen LogP contribution is 2.23. The average molecular weight is 1050 g/mol. The van der Waals surface area contributed by atoms with Gasteiger partial charge in [0, 0.05) is 64.0 Å². The summed E-state index contributed by atoms with van der Waals surface area (Å²) in [7, 11) is 0. The maximum Gasteiger partial charge on any atom is 0.333 e. The molecule has 0 saturated carbocycles. The molecule has 416 valence electrons. The number of rotatable bonds is 34. The predicted octanol–water partition coefficient (Wildman–Crippen LogP) is -6.42. The molecule has 2 saturated heterocycles. The number of ether oxygens (including phenoxy) is 4. The number of carbonyl (C=O) groups is 7. The Bertz CT molecular complexity index is 1770. The first kappa shape index (κ1) is 62.0. The van der Waals surface area contributed by atoms with Crippen molar-refractivity contribution in [2.24, 2.45) is 0 Å². The SMILES string of the molecule is O=C(CCCCCNC(=O)CN(CC(=O)NCCCCCC(=O)NCCOC1OC(CO)C(O)C(O)C1O)C(=O)CNC(=O)CCCCC(=O)On1c(O)ccc1O)NCCOC1OC(CO)C(O)C(O)C1O. The molecule has 0 aromatic carbocycles. The zero-order valence-electron chi connectivity index (χ0n) is 40.5. The van der Waals surface area contributed by atoms with Gasteiger partial charge in [-0.2, -0.15) is 0 Å². The van der Waals surface area contributed by atoms with E-state index in [2.05, 4.69) is 26.6 Å². The van der Waals surface area contributed by atoms with E-state index in [1.807, 2.05) is 0 Å². The van der Waals surface area contributed by atoms with Crippen LogP contribution in [0.5, 0.6) is 11.8 Å². The molecule has 3 rings (SSSR count). The summed E-state index contributed by atoms with van der Waals surface area (Å²) in [6.07, 6.45) is -11.0. The fourth-order valence-corrected chi connectivity index (χ4v) is 7.21. The number of hydrogen-bond donors (Lipinski definition) is 15. The van der Waals surface area contributed by atoms with E-state index in [0.717, 1.165) is 17.0 Å². The van der Waals surface area contributed by atoms with Gasteiger partial charge in [0.05, 0.1) is 33.0 Å². The smallest absolute Gasteiger partial charge is 0.333 e. The van der Waals surface area contributed by atoms with E-state index in [4.69, 9.17) is 23.8 Å². The summed E-state index contributed by atoms with van der Waals surface area (Å²) in [6.45, 7) is -2.63. The number of aliphatic hydroxyl groups is 8. The number of unbranched alkanes of at least 4 members (excludes halogenated alkanes) is 5. The van der Waals surface area contributed by atoms with Gasteiger partial charge in [-0.1, -0.05) is 12.8 Å². The summed E-state index contributed by atoms with van der Waals surface area (Å²) < 4.78 is 21.7. The Balaban J connectivity index is 1.35. The molecule has 10 unspecified atom stereocenters. The molecular formula is C44H73N7O22. The van der Waals surface area contributed by atoms with Gasteiger partial charge in [-0.15, -0.1) is 4.73 Å². The molecule has 0 aliphatic carbocycles. The molecule has 0 radical (unpaired) electrons. The van der Waals surface area contributed by atoms with Gasteiger partial charge in [0.15, 0.2) is 12.6 Å². The Morgan fingerprint density at radius 1 is 0.507 bits per heavy atom. The molecule has 29 nitrogen and oxygen atoms in total. The third kappa shape index (κ3) is 22.4. The first-order valence-corrected chi connectivity index (χ1v) is 24.1. The van der Waals surface area contributed by atoms with E-state index in [1.165, 1.54) is 0 Å². The maximum absolute atomic E-state index is 13.2. The molecule has 1 aromatic rings. The van der Waals surface area contributed by atoms with Crippen molar-refractivity contribution in [2.45, 2.75) is 138 Å². The fraction of sp³-hybridized carbons (Fsp3) is 0.750. The van der Waals surface area contributed by atoms with Gasteiger partial charge in [-0.05, 0) is 38.5 Å². The molecule has 29 heteroatoms. The summed E-state index contributed by atoms with van der Waals surface area (Å²) in [5.41, 5.74) is 0. The minimum Gasteiger partial charge on any atom is -0.492 e. The molecule has 3 heterocycles. The van der Waals surface area contributed by atoms with Crippen molar-refractivity contribution in [2.75, 3.05) is 72.2 Å². The molecule has 10 atom stereocenters. The highest BCUT2D eigenvalue weighted by molar-refractivity contribution is 5.91. The molecule has 6 amide bonds. The quantitative estimate of drug-likeness (QED) is 0.0285. The van der Waals surface area contributed by atoms with Crippen LogP contribution < -0.4 is 31.4 Å². The number of nitrogens with one attached hydrogen (secondary N) is 5. The minimum absolute atomic E-state index is 0.0388. The average Bonchev–Trinajstić information content (AvgIpc) is 3.68. The van der Waals surface area contributed by atoms with Crippen LogP contribution in [-0.4, -0.2) is 236 Å². The summed E-state index contributed by atoms with van der Waals surface area (Å²) in [5, 5.41) is 110. The van der Waals surface area contributed by atoms with Crippen molar-refractivity contribution in [3.63, 3.8) is 0 Å². The zero-order chi connectivity index (χ0) is 53.9. The lowest BCUT2D eigenvalue weighted by Crippen LogP contribution is -2.59. The highest BCUT2D eigenvalue weighted by Gasteiger charge is 2.45. The second-order valence-corrected chi connectivity index (χ2v) is 17.2. The van der Waals surface area contributed by atoms with Crippen molar-refractivity contribution in [1.82, 2.24) is 36.2 Å². The number of aromatic nitrogens is 1. The topological polar surface area (TPSA) is 436 Å². The highest BCUT2D eigenvalue weighted by atomic mass is 16.7. The van der Waals surface area contributed by atoms with Gasteiger partial charge in [-0.25, -0.2) is 4.79 Å². The largest absolute Gasteiger partial charge is 0.492 e. The summed E-state index contributed by atoms with van der Waals surface area (Å²) in [5.74, 6) is -4.88. The molecular weight excluding hydrogens is 979 g/mol. The van der Waals surface area contributed by atoms with Gasteiger partial charge in [0.2, 0.25) is 47.2 Å². The van der Waals surface area contributed by atoms with E-state index >= 15 is 0 Å². The van der Waals surface area contributed by atoms with Crippen LogP contribution >= 0.6 is 0 Å². The van der Waals surface area contributed by atoms with E-state index in [-0.39, 0.29) is 89.7 Å². The van der Waals surface area contributed by atoms with Crippen molar-refractivity contribution in [3.05, 3.63) is 12.1 Å².